The Morgan fingerprint density at radius 3 is 2.52 bits per heavy atom. The summed E-state index contributed by atoms with van der Waals surface area (Å²) in [5.41, 5.74) is 1.39. The van der Waals surface area contributed by atoms with Crippen LogP contribution in [-0.2, 0) is 10.5 Å². The van der Waals surface area contributed by atoms with Gasteiger partial charge < -0.3 is 4.74 Å². The van der Waals surface area contributed by atoms with Gasteiger partial charge in [0.05, 0.1) is 16.1 Å². The second-order valence-corrected chi connectivity index (χ2v) is 8.08. The van der Waals surface area contributed by atoms with Crippen LogP contribution in [0.1, 0.15) is 21.7 Å². The second-order valence-electron chi connectivity index (χ2n) is 5.64. The van der Waals surface area contributed by atoms with Crippen molar-refractivity contribution in [2.75, 3.05) is 0 Å². The van der Waals surface area contributed by atoms with Crippen molar-refractivity contribution in [1.82, 2.24) is 4.98 Å². The SMILES string of the molecule is Cc1nc(-c2ccc(C(F)(F)I)cc2)sc1COc1ccc(C#N)c(F)c1. The molecular formula is C19H12F3IN2OS. The van der Waals surface area contributed by atoms with Crippen molar-refractivity contribution in [3.8, 4) is 22.4 Å². The van der Waals surface area contributed by atoms with E-state index in [1.165, 1.54) is 41.7 Å². The number of aryl methyl sites for hydroxylation is 1. The highest BCUT2D eigenvalue weighted by molar-refractivity contribution is 14.1. The first-order valence-electron chi connectivity index (χ1n) is 7.74. The molecule has 3 aromatic rings. The maximum Gasteiger partial charge on any atom is 0.321 e. The monoisotopic (exact) mass is 500 g/mol. The van der Waals surface area contributed by atoms with E-state index in [1.54, 1.807) is 18.2 Å². The van der Waals surface area contributed by atoms with E-state index in [1.807, 2.05) is 6.92 Å². The highest BCUT2D eigenvalue weighted by Crippen LogP contribution is 2.36. The normalized spacial score (nSPS) is 11.3. The first-order valence-corrected chi connectivity index (χ1v) is 9.64. The quantitative estimate of drug-likeness (QED) is 0.310. The molecule has 3 nitrogen and oxygen atoms in total. The Hall–Kier alpha value is -2.12. The number of nitrogens with zero attached hydrogens (tertiary/aromatic N) is 2. The molecule has 0 spiro atoms. The van der Waals surface area contributed by atoms with Gasteiger partial charge >= 0.3 is 3.93 Å². The van der Waals surface area contributed by atoms with E-state index in [0.29, 0.717) is 10.8 Å². The molecule has 0 aliphatic heterocycles. The minimum absolute atomic E-state index is 0.0425. The summed E-state index contributed by atoms with van der Waals surface area (Å²) in [6.45, 7) is 2.02. The van der Waals surface area contributed by atoms with Crippen molar-refractivity contribution in [1.29, 1.82) is 5.26 Å². The molecule has 0 aliphatic rings. The van der Waals surface area contributed by atoms with E-state index in [2.05, 4.69) is 4.98 Å². The topological polar surface area (TPSA) is 45.9 Å². The maximum absolute atomic E-state index is 13.6. The average molecular weight is 500 g/mol. The van der Waals surface area contributed by atoms with Crippen LogP contribution in [0.4, 0.5) is 13.2 Å². The molecule has 8 heteroatoms. The van der Waals surface area contributed by atoms with Crippen molar-refractivity contribution in [2.45, 2.75) is 17.5 Å². The van der Waals surface area contributed by atoms with Gasteiger partial charge in [-0.1, -0.05) is 24.3 Å². The largest absolute Gasteiger partial charge is 0.488 e. The van der Waals surface area contributed by atoms with Gasteiger partial charge in [-0.2, -0.15) is 14.0 Å². The zero-order valence-electron chi connectivity index (χ0n) is 14.0. The summed E-state index contributed by atoms with van der Waals surface area (Å²) < 4.78 is 42.9. The summed E-state index contributed by atoms with van der Waals surface area (Å²) >= 11 is 2.48. The fourth-order valence-electron chi connectivity index (χ4n) is 2.31. The van der Waals surface area contributed by atoms with E-state index < -0.39 is 9.75 Å². The van der Waals surface area contributed by atoms with Crippen LogP contribution in [0.3, 0.4) is 0 Å². The first-order chi connectivity index (χ1) is 12.8. The molecule has 1 heterocycles. The third-order valence-corrected chi connectivity index (χ3v) is 5.59. The van der Waals surface area contributed by atoms with Gasteiger partial charge in [-0.25, -0.2) is 9.37 Å². The van der Waals surface area contributed by atoms with Gasteiger partial charge in [0, 0.05) is 39.8 Å². The molecule has 0 aliphatic carbocycles. The van der Waals surface area contributed by atoms with Crippen LogP contribution in [0.2, 0.25) is 0 Å². The molecular weight excluding hydrogens is 488 g/mol. The Morgan fingerprint density at radius 2 is 1.93 bits per heavy atom. The molecule has 1 aromatic heterocycles. The number of thiazole rings is 1. The lowest BCUT2D eigenvalue weighted by molar-refractivity contribution is 0.127. The summed E-state index contributed by atoms with van der Waals surface area (Å²) in [7, 11) is 0. The highest BCUT2D eigenvalue weighted by atomic mass is 127. The van der Waals surface area contributed by atoms with Crippen LogP contribution in [0.25, 0.3) is 10.6 Å². The van der Waals surface area contributed by atoms with Crippen molar-refractivity contribution >= 4 is 33.9 Å². The molecule has 0 saturated carbocycles. The summed E-state index contributed by atoms with van der Waals surface area (Å²) in [5.74, 6) is -0.321. The fraction of sp³-hybridized carbons (Fsp3) is 0.158. The molecule has 0 bridgehead atoms. The number of ether oxygens (including phenoxy) is 1. The Bertz CT molecular complexity index is 1010. The Kier molecular flexibility index (Phi) is 5.72. The lowest BCUT2D eigenvalue weighted by atomic mass is 10.1. The van der Waals surface area contributed by atoms with E-state index in [9.17, 15) is 13.2 Å². The lowest BCUT2D eigenvalue weighted by Gasteiger charge is -2.08. The number of hydrogen-bond acceptors (Lipinski definition) is 4. The maximum atomic E-state index is 13.6. The molecule has 27 heavy (non-hydrogen) atoms. The van der Waals surface area contributed by atoms with Crippen LogP contribution >= 0.6 is 33.9 Å². The highest BCUT2D eigenvalue weighted by Gasteiger charge is 2.26. The molecule has 0 amide bonds. The van der Waals surface area contributed by atoms with Gasteiger partial charge in [0.15, 0.2) is 0 Å². The minimum atomic E-state index is -2.91. The van der Waals surface area contributed by atoms with Crippen LogP contribution in [0, 0.1) is 24.1 Å². The molecule has 0 fully saturated rings. The number of aromatic nitrogens is 1. The molecule has 0 unspecified atom stereocenters. The van der Waals surface area contributed by atoms with Gasteiger partial charge in [0.2, 0.25) is 0 Å². The fourth-order valence-corrected chi connectivity index (χ4v) is 3.65. The van der Waals surface area contributed by atoms with Crippen molar-refractivity contribution < 1.29 is 17.9 Å². The van der Waals surface area contributed by atoms with Crippen LogP contribution < -0.4 is 4.74 Å². The Labute approximate surface area is 171 Å². The molecule has 0 atom stereocenters. The van der Waals surface area contributed by atoms with Gasteiger partial charge in [-0.15, -0.1) is 11.3 Å². The van der Waals surface area contributed by atoms with Gasteiger partial charge in [-0.05, 0) is 19.1 Å². The zero-order chi connectivity index (χ0) is 19.6. The zero-order valence-corrected chi connectivity index (χ0v) is 16.9. The van der Waals surface area contributed by atoms with Crippen LogP contribution in [0.5, 0.6) is 5.75 Å². The molecule has 0 N–H and O–H groups in total. The van der Waals surface area contributed by atoms with E-state index in [4.69, 9.17) is 10.00 Å². The van der Waals surface area contributed by atoms with E-state index in [0.717, 1.165) is 38.7 Å². The van der Waals surface area contributed by atoms with Gasteiger partial charge in [-0.3, -0.25) is 0 Å². The molecule has 2 aromatic carbocycles. The first kappa shape index (κ1) is 19.6. The number of alkyl halides is 3. The average Bonchev–Trinajstić information content (AvgIpc) is 3.00. The van der Waals surface area contributed by atoms with Gasteiger partial charge in [0.25, 0.3) is 0 Å². The van der Waals surface area contributed by atoms with E-state index in [-0.39, 0.29) is 17.7 Å². The molecule has 0 saturated heterocycles. The Morgan fingerprint density at radius 1 is 1.22 bits per heavy atom. The Balaban J connectivity index is 1.75. The minimum Gasteiger partial charge on any atom is -0.488 e. The van der Waals surface area contributed by atoms with Crippen molar-refractivity contribution in [2.24, 2.45) is 0 Å². The summed E-state index contributed by atoms with van der Waals surface area (Å²) in [5, 5.41) is 9.44. The smallest absolute Gasteiger partial charge is 0.321 e. The van der Waals surface area contributed by atoms with Crippen molar-refractivity contribution in [3.63, 3.8) is 0 Å². The van der Waals surface area contributed by atoms with Crippen LogP contribution in [-0.4, -0.2) is 4.98 Å². The van der Waals surface area contributed by atoms with Crippen LogP contribution in [0.15, 0.2) is 42.5 Å². The molecule has 0 radical (unpaired) electrons. The number of benzene rings is 2. The number of rotatable bonds is 5. The molecule has 3 rings (SSSR count). The van der Waals surface area contributed by atoms with Crippen molar-refractivity contribution in [3.05, 3.63) is 70.0 Å². The number of hydrogen-bond donors (Lipinski definition) is 0. The standard InChI is InChI=1S/C19H12F3IN2OS/c1-11-17(10-26-15-7-4-13(9-24)16(20)8-15)27-18(25-11)12-2-5-14(6-3-12)19(21,22)23/h2-8H,10H2,1H3. The third-order valence-electron chi connectivity index (χ3n) is 3.78. The predicted octanol–water partition coefficient (Wildman–Crippen LogP) is 6.19. The number of nitriles is 1. The predicted molar refractivity (Wildman–Crippen MR) is 106 cm³/mol. The third kappa shape index (κ3) is 4.59. The van der Waals surface area contributed by atoms with E-state index >= 15 is 0 Å². The summed E-state index contributed by atoms with van der Waals surface area (Å²) in [6.07, 6.45) is 0. The van der Waals surface area contributed by atoms with Gasteiger partial charge in [0.1, 0.15) is 29.3 Å². The molecule has 138 valence electrons. The lowest BCUT2D eigenvalue weighted by Crippen LogP contribution is -2.01. The summed E-state index contributed by atoms with van der Waals surface area (Å²) in [4.78, 5) is 5.31. The number of halogens is 4. The summed E-state index contributed by atoms with van der Waals surface area (Å²) in [6, 6.07) is 11.8. The second kappa shape index (κ2) is 7.86.